The van der Waals surface area contributed by atoms with Crippen LogP contribution in [0.3, 0.4) is 0 Å². The third kappa shape index (κ3) is 4.13. The van der Waals surface area contributed by atoms with E-state index in [1.807, 2.05) is 78.9 Å². The lowest BCUT2D eigenvalue weighted by Gasteiger charge is -2.25. The molecule has 0 aromatic heterocycles. The Bertz CT molecular complexity index is 671. The van der Waals surface area contributed by atoms with E-state index in [0.29, 0.717) is 5.75 Å². The maximum Gasteiger partial charge on any atom is 0.733 e. The van der Waals surface area contributed by atoms with Gasteiger partial charge in [-0.2, -0.15) is 0 Å². The molecule has 4 nitrogen and oxygen atoms in total. The topological polar surface area (TPSA) is 41.9 Å². The molecule has 0 atom stereocenters. The molecule has 0 unspecified atom stereocenters. The number of hydrogen-bond acceptors (Lipinski definition) is 4. The summed E-state index contributed by atoms with van der Waals surface area (Å²) in [5.74, 6) is 0.529. The molecular formula is C18H16BNO3. The Labute approximate surface area is 135 Å². The fraction of sp³-hybridized carbons (Fsp3) is 0. The molecule has 0 aliphatic rings. The predicted molar refractivity (Wildman–Crippen MR) is 91.2 cm³/mol. The summed E-state index contributed by atoms with van der Waals surface area (Å²) in [7, 11) is -1.43. The van der Waals surface area contributed by atoms with E-state index in [1.54, 1.807) is 12.1 Å². The smallest absolute Gasteiger partial charge is 0.511 e. The minimum Gasteiger partial charge on any atom is -0.511 e. The van der Waals surface area contributed by atoms with Crippen LogP contribution in [0.1, 0.15) is 0 Å². The van der Waals surface area contributed by atoms with Gasteiger partial charge < -0.3 is 9.68 Å². The number of hydrogen-bond donors (Lipinski definition) is 1. The summed E-state index contributed by atoms with van der Waals surface area (Å²) in [5.41, 5.74) is 1.57. The molecule has 0 spiro atoms. The van der Waals surface area contributed by atoms with E-state index in [4.69, 9.17) is 9.41 Å². The monoisotopic (exact) mass is 305 g/mol. The van der Waals surface area contributed by atoms with Crippen molar-refractivity contribution >= 4 is 18.7 Å². The molecule has 0 aliphatic carbocycles. The van der Waals surface area contributed by atoms with Crippen molar-refractivity contribution in [2.75, 3.05) is 5.06 Å². The summed E-state index contributed by atoms with van der Waals surface area (Å²) in [6.45, 7) is 0. The molecule has 0 bridgehead atoms. The molecule has 0 fully saturated rings. The molecule has 0 saturated heterocycles. The Morgan fingerprint density at radius 3 is 1.57 bits per heavy atom. The van der Waals surface area contributed by atoms with Gasteiger partial charge in [-0.25, -0.2) is 5.06 Å². The molecule has 3 aromatic carbocycles. The van der Waals surface area contributed by atoms with Crippen LogP contribution in [0.4, 0.5) is 11.4 Å². The van der Waals surface area contributed by atoms with Crippen LogP contribution in [-0.4, -0.2) is 12.3 Å². The summed E-state index contributed by atoms with van der Waals surface area (Å²) < 4.78 is 11.0. The third-order valence-electron chi connectivity index (χ3n) is 3.16. The van der Waals surface area contributed by atoms with E-state index >= 15 is 0 Å². The highest BCUT2D eigenvalue weighted by atomic mass is 16.8. The largest absolute Gasteiger partial charge is 0.733 e. The van der Waals surface area contributed by atoms with Crippen LogP contribution < -0.4 is 9.72 Å². The van der Waals surface area contributed by atoms with Crippen LogP contribution >= 0.6 is 0 Å². The van der Waals surface area contributed by atoms with Crippen LogP contribution in [0.5, 0.6) is 5.75 Å². The first-order chi connectivity index (χ1) is 11.3. The minimum absolute atomic E-state index is 0.529. The van der Waals surface area contributed by atoms with Crippen molar-refractivity contribution in [3.8, 4) is 5.75 Å². The molecular weight excluding hydrogens is 289 g/mol. The Balaban J connectivity index is 1.79. The van der Waals surface area contributed by atoms with Gasteiger partial charge in [0, 0.05) is 0 Å². The van der Waals surface area contributed by atoms with Gasteiger partial charge in [0.25, 0.3) is 0 Å². The molecule has 0 amide bonds. The lowest BCUT2D eigenvalue weighted by molar-refractivity contribution is 0.195. The molecule has 114 valence electrons. The van der Waals surface area contributed by atoms with E-state index in [9.17, 15) is 5.02 Å². The number of nitrogens with zero attached hydrogens (tertiary/aromatic N) is 1. The number of para-hydroxylation sites is 3. The van der Waals surface area contributed by atoms with E-state index in [-0.39, 0.29) is 0 Å². The van der Waals surface area contributed by atoms with E-state index in [1.165, 1.54) is 5.06 Å². The van der Waals surface area contributed by atoms with Crippen molar-refractivity contribution in [2.24, 2.45) is 0 Å². The maximum atomic E-state index is 10.1. The van der Waals surface area contributed by atoms with Crippen LogP contribution in [0.25, 0.3) is 0 Å². The van der Waals surface area contributed by atoms with Gasteiger partial charge in [0.05, 0.1) is 11.4 Å². The average molecular weight is 305 g/mol. The average Bonchev–Trinajstić information content (AvgIpc) is 2.62. The van der Waals surface area contributed by atoms with E-state index in [2.05, 4.69) is 0 Å². The molecule has 23 heavy (non-hydrogen) atoms. The molecule has 1 N–H and O–H groups in total. The van der Waals surface area contributed by atoms with Gasteiger partial charge in [0.2, 0.25) is 0 Å². The fourth-order valence-electron chi connectivity index (χ4n) is 2.12. The van der Waals surface area contributed by atoms with Gasteiger partial charge in [0.1, 0.15) is 5.75 Å². The first kappa shape index (κ1) is 15.2. The minimum atomic E-state index is -1.43. The van der Waals surface area contributed by atoms with Crippen molar-refractivity contribution in [3.05, 3.63) is 91.0 Å². The second-order valence-electron chi connectivity index (χ2n) is 4.81. The zero-order valence-electron chi connectivity index (χ0n) is 12.4. The van der Waals surface area contributed by atoms with Crippen molar-refractivity contribution in [1.29, 1.82) is 0 Å². The van der Waals surface area contributed by atoms with Crippen LogP contribution in [0, 0.1) is 0 Å². The van der Waals surface area contributed by atoms with E-state index in [0.717, 1.165) is 11.4 Å². The maximum absolute atomic E-state index is 10.1. The van der Waals surface area contributed by atoms with Crippen molar-refractivity contribution in [3.63, 3.8) is 0 Å². The molecule has 0 heterocycles. The lowest BCUT2D eigenvalue weighted by Crippen LogP contribution is -2.34. The zero-order valence-corrected chi connectivity index (χ0v) is 12.4. The number of benzene rings is 3. The molecule has 3 rings (SSSR count). The molecule has 0 saturated carbocycles. The van der Waals surface area contributed by atoms with Gasteiger partial charge in [-0.05, 0) is 36.4 Å². The zero-order chi connectivity index (χ0) is 15.9. The van der Waals surface area contributed by atoms with Crippen molar-refractivity contribution in [2.45, 2.75) is 0 Å². The van der Waals surface area contributed by atoms with Gasteiger partial charge in [-0.15, -0.1) is 0 Å². The lowest BCUT2D eigenvalue weighted by atomic mass is 10.2. The summed E-state index contributed by atoms with van der Waals surface area (Å²) >= 11 is 0. The Hall–Kier alpha value is -2.76. The molecule has 0 radical (unpaired) electrons. The fourth-order valence-corrected chi connectivity index (χ4v) is 2.12. The highest BCUT2D eigenvalue weighted by Crippen LogP contribution is 2.25. The van der Waals surface area contributed by atoms with E-state index < -0.39 is 7.32 Å². The quantitative estimate of drug-likeness (QED) is 0.555. The summed E-state index contributed by atoms with van der Waals surface area (Å²) in [6, 6.07) is 28.0. The highest BCUT2D eigenvalue weighted by Gasteiger charge is 2.25. The normalized spacial score (nSPS) is 10.1. The van der Waals surface area contributed by atoms with Crippen LogP contribution in [0.15, 0.2) is 91.0 Å². The third-order valence-corrected chi connectivity index (χ3v) is 3.16. The second kappa shape index (κ2) is 7.49. The Morgan fingerprint density at radius 1 is 0.652 bits per heavy atom. The Morgan fingerprint density at radius 2 is 1.09 bits per heavy atom. The first-order valence-electron chi connectivity index (χ1n) is 7.30. The molecule has 3 aromatic rings. The van der Waals surface area contributed by atoms with Crippen LogP contribution in [-0.2, 0) is 4.76 Å². The Kier molecular flexibility index (Phi) is 4.93. The predicted octanol–water partition coefficient (Wildman–Crippen LogP) is 3.81. The summed E-state index contributed by atoms with van der Waals surface area (Å²) in [5, 5.41) is 11.6. The van der Waals surface area contributed by atoms with Gasteiger partial charge in [-0.1, -0.05) is 54.6 Å². The van der Waals surface area contributed by atoms with Crippen molar-refractivity contribution in [1.82, 2.24) is 0 Å². The summed E-state index contributed by atoms with van der Waals surface area (Å²) in [6.07, 6.45) is 0. The van der Waals surface area contributed by atoms with Gasteiger partial charge >= 0.3 is 7.32 Å². The first-order valence-corrected chi connectivity index (χ1v) is 7.30. The molecule has 0 aliphatic heterocycles. The SMILES string of the molecule is OB(Oc1ccccc1)ON(c1ccccc1)c1ccccc1. The highest BCUT2D eigenvalue weighted by molar-refractivity contribution is 6.36. The standard InChI is InChI=1S/C18H16BNO3/c21-19(22-18-14-8-3-9-15-18)23-20(16-10-4-1-5-11-16)17-12-6-2-7-13-17/h1-15,21H. The van der Waals surface area contributed by atoms with Gasteiger partial charge in [0.15, 0.2) is 0 Å². The second-order valence-corrected chi connectivity index (χ2v) is 4.81. The van der Waals surface area contributed by atoms with Crippen molar-refractivity contribution < 1.29 is 14.4 Å². The van der Waals surface area contributed by atoms with Crippen LogP contribution in [0.2, 0.25) is 0 Å². The van der Waals surface area contributed by atoms with Gasteiger partial charge in [-0.3, -0.25) is 4.76 Å². The number of anilines is 2. The molecule has 5 heteroatoms. The summed E-state index contributed by atoms with van der Waals surface area (Å²) in [4.78, 5) is 0. The number of rotatable bonds is 6.